The molecule has 0 radical (unpaired) electrons. The number of allylic oxidation sites excluding steroid dienone is 1. The van der Waals surface area contributed by atoms with Crippen molar-refractivity contribution in [3.8, 4) is 0 Å². The van der Waals surface area contributed by atoms with Gasteiger partial charge in [-0.15, -0.1) is 11.3 Å². The van der Waals surface area contributed by atoms with Crippen LogP contribution in [0.15, 0.2) is 88.5 Å². The third-order valence-electron chi connectivity index (χ3n) is 3.90. The average molecular weight is 410 g/mol. The fourth-order valence-electron chi connectivity index (χ4n) is 2.55. The second-order valence-corrected chi connectivity index (χ2v) is 8.81. The molecule has 0 unspecified atom stereocenters. The standard InChI is InChI=1S/C22H19NO3S2/c24-21(23-28(25,26)22-14-7-17-27-22)16-15-20-12-5-4-11-19(20)13-6-10-18-8-2-1-3-9-18/h1-9,11-17H,10H2,(H,23,24). The van der Waals surface area contributed by atoms with Crippen molar-refractivity contribution in [3.05, 3.63) is 101 Å². The molecular weight excluding hydrogens is 390 g/mol. The predicted octanol–water partition coefficient (Wildman–Crippen LogP) is 4.52. The number of amides is 1. The van der Waals surface area contributed by atoms with Gasteiger partial charge in [-0.2, -0.15) is 0 Å². The Morgan fingerprint density at radius 2 is 1.57 bits per heavy atom. The number of rotatable bonds is 7. The van der Waals surface area contributed by atoms with Crippen LogP contribution in [0.5, 0.6) is 0 Å². The van der Waals surface area contributed by atoms with E-state index in [0.717, 1.165) is 28.9 Å². The molecule has 1 N–H and O–H groups in total. The lowest BCUT2D eigenvalue weighted by atomic mass is 10.1. The summed E-state index contributed by atoms with van der Waals surface area (Å²) < 4.78 is 26.3. The highest BCUT2D eigenvalue weighted by Crippen LogP contribution is 2.16. The molecule has 6 heteroatoms. The molecule has 0 saturated carbocycles. The number of benzene rings is 2. The van der Waals surface area contributed by atoms with Gasteiger partial charge in [0, 0.05) is 6.08 Å². The van der Waals surface area contributed by atoms with Gasteiger partial charge in [0.05, 0.1) is 0 Å². The molecule has 0 aliphatic heterocycles. The predicted molar refractivity (Wildman–Crippen MR) is 114 cm³/mol. The highest BCUT2D eigenvalue weighted by molar-refractivity contribution is 7.92. The van der Waals surface area contributed by atoms with E-state index in [1.165, 1.54) is 17.7 Å². The average Bonchev–Trinajstić information content (AvgIpc) is 3.24. The molecule has 142 valence electrons. The Morgan fingerprint density at radius 1 is 0.893 bits per heavy atom. The zero-order valence-electron chi connectivity index (χ0n) is 15.0. The SMILES string of the molecule is O=C(C=Cc1ccccc1C=CCc1ccccc1)NS(=O)(=O)c1cccs1. The molecule has 0 aliphatic carbocycles. The van der Waals surface area contributed by atoms with Gasteiger partial charge in [0.1, 0.15) is 4.21 Å². The largest absolute Gasteiger partial charge is 0.273 e. The molecule has 0 spiro atoms. The van der Waals surface area contributed by atoms with E-state index in [9.17, 15) is 13.2 Å². The Morgan fingerprint density at radius 3 is 2.25 bits per heavy atom. The molecule has 1 aromatic heterocycles. The molecule has 3 aromatic rings. The Bertz CT molecular complexity index is 1080. The summed E-state index contributed by atoms with van der Waals surface area (Å²) in [6.07, 6.45) is 7.70. The molecule has 28 heavy (non-hydrogen) atoms. The van der Waals surface area contributed by atoms with Crippen molar-refractivity contribution in [2.45, 2.75) is 10.6 Å². The molecule has 0 fully saturated rings. The monoisotopic (exact) mass is 409 g/mol. The maximum Gasteiger partial charge on any atom is 0.273 e. The van der Waals surface area contributed by atoms with Gasteiger partial charge in [-0.25, -0.2) is 13.1 Å². The third-order valence-corrected chi connectivity index (χ3v) is 6.64. The molecule has 0 bridgehead atoms. The van der Waals surface area contributed by atoms with E-state index in [1.54, 1.807) is 17.5 Å². The number of nitrogens with one attached hydrogen (secondary N) is 1. The van der Waals surface area contributed by atoms with Crippen molar-refractivity contribution in [2.75, 3.05) is 0 Å². The molecular formula is C22H19NO3S2. The number of thiophene rings is 1. The topological polar surface area (TPSA) is 63.2 Å². The van der Waals surface area contributed by atoms with E-state index < -0.39 is 15.9 Å². The minimum Gasteiger partial charge on any atom is -0.269 e. The minimum absolute atomic E-state index is 0.110. The Balaban J connectivity index is 1.68. The minimum atomic E-state index is -3.82. The van der Waals surface area contributed by atoms with Crippen molar-refractivity contribution < 1.29 is 13.2 Å². The molecule has 2 aromatic carbocycles. The smallest absolute Gasteiger partial charge is 0.269 e. The summed E-state index contributed by atoms with van der Waals surface area (Å²) in [4.78, 5) is 12.0. The number of carbonyl (C=O) groups excluding carboxylic acids is 1. The van der Waals surface area contributed by atoms with Crippen LogP contribution in [0.2, 0.25) is 0 Å². The molecule has 3 rings (SSSR count). The third kappa shape index (κ3) is 5.52. The zero-order valence-corrected chi connectivity index (χ0v) is 16.6. The maximum atomic E-state index is 12.1. The van der Waals surface area contributed by atoms with Gasteiger partial charge in [0.15, 0.2) is 0 Å². The lowest BCUT2D eigenvalue weighted by Crippen LogP contribution is -2.28. The van der Waals surface area contributed by atoms with Crippen molar-refractivity contribution >= 4 is 39.4 Å². The van der Waals surface area contributed by atoms with Gasteiger partial charge in [0.2, 0.25) is 0 Å². The van der Waals surface area contributed by atoms with Crippen LogP contribution in [0.25, 0.3) is 12.2 Å². The number of sulfonamides is 1. The van der Waals surface area contributed by atoms with Crippen LogP contribution in [0.3, 0.4) is 0 Å². The first-order chi connectivity index (χ1) is 13.5. The van der Waals surface area contributed by atoms with E-state index in [0.29, 0.717) is 0 Å². The highest BCUT2D eigenvalue weighted by Gasteiger charge is 2.16. The molecule has 1 heterocycles. The summed E-state index contributed by atoms with van der Waals surface area (Å²) in [7, 11) is -3.82. The van der Waals surface area contributed by atoms with Gasteiger partial charge >= 0.3 is 0 Å². The second kappa shape index (κ2) is 9.30. The Kier molecular flexibility index (Phi) is 6.57. The molecule has 0 saturated heterocycles. The van der Waals surface area contributed by atoms with E-state index in [4.69, 9.17) is 0 Å². The highest BCUT2D eigenvalue weighted by atomic mass is 32.2. The van der Waals surface area contributed by atoms with Gasteiger partial charge in [-0.3, -0.25) is 4.79 Å². The summed E-state index contributed by atoms with van der Waals surface area (Å²) in [6.45, 7) is 0. The first-order valence-corrected chi connectivity index (χ1v) is 11.0. The second-order valence-electron chi connectivity index (χ2n) is 5.96. The Labute approximate surface area is 168 Å². The van der Waals surface area contributed by atoms with E-state index in [2.05, 4.69) is 22.9 Å². The Hall–Kier alpha value is -2.96. The molecule has 1 amide bonds. The van der Waals surface area contributed by atoms with Crippen molar-refractivity contribution in [2.24, 2.45) is 0 Å². The van der Waals surface area contributed by atoms with Crippen LogP contribution in [-0.4, -0.2) is 14.3 Å². The van der Waals surface area contributed by atoms with Crippen LogP contribution in [-0.2, 0) is 21.2 Å². The zero-order chi connectivity index (χ0) is 19.8. The first-order valence-electron chi connectivity index (χ1n) is 8.62. The summed E-state index contributed by atoms with van der Waals surface area (Å²) in [6, 6.07) is 20.8. The number of hydrogen-bond donors (Lipinski definition) is 1. The summed E-state index contributed by atoms with van der Waals surface area (Å²) in [5.41, 5.74) is 2.99. The summed E-state index contributed by atoms with van der Waals surface area (Å²) in [5.74, 6) is -0.684. The quantitative estimate of drug-likeness (QED) is 0.584. The van der Waals surface area contributed by atoms with Crippen LogP contribution in [0.4, 0.5) is 0 Å². The summed E-state index contributed by atoms with van der Waals surface area (Å²) >= 11 is 1.06. The van der Waals surface area contributed by atoms with Gasteiger partial charge in [0.25, 0.3) is 15.9 Å². The normalized spacial score (nSPS) is 11.9. The van der Waals surface area contributed by atoms with Crippen LogP contribution >= 0.6 is 11.3 Å². The fraction of sp³-hybridized carbons (Fsp3) is 0.0455. The summed E-state index contributed by atoms with van der Waals surface area (Å²) in [5, 5.41) is 1.65. The van der Waals surface area contributed by atoms with E-state index in [1.807, 2.05) is 48.5 Å². The van der Waals surface area contributed by atoms with Crippen LogP contribution < -0.4 is 4.72 Å². The van der Waals surface area contributed by atoms with Crippen molar-refractivity contribution in [1.29, 1.82) is 0 Å². The fourth-order valence-corrected chi connectivity index (χ4v) is 4.49. The molecule has 0 aliphatic rings. The van der Waals surface area contributed by atoms with Gasteiger partial charge < -0.3 is 0 Å². The van der Waals surface area contributed by atoms with Gasteiger partial charge in [-0.1, -0.05) is 72.8 Å². The first kappa shape index (κ1) is 19.8. The van der Waals surface area contributed by atoms with Gasteiger partial charge in [-0.05, 0) is 40.6 Å². The lowest BCUT2D eigenvalue weighted by Gasteiger charge is -2.03. The van der Waals surface area contributed by atoms with Crippen molar-refractivity contribution in [3.63, 3.8) is 0 Å². The van der Waals surface area contributed by atoms with Crippen LogP contribution in [0.1, 0.15) is 16.7 Å². The molecule has 4 nitrogen and oxygen atoms in total. The maximum absolute atomic E-state index is 12.1. The lowest BCUT2D eigenvalue weighted by molar-refractivity contribution is -0.114. The van der Waals surface area contributed by atoms with Crippen molar-refractivity contribution in [1.82, 2.24) is 4.72 Å². The van der Waals surface area contributed by atoms with E-state index in [-0.39, 0.29) is 4.21 Å². The van der Waals surface area contributed by atoms with Crippen LogP contribution in [0, 0.1) is 0 Å². The molecule has 0 atom stereocenters. The van der Waals surface area contributed by atoms with E-state index >= 15 is 0 Å². The number of carbonyl (C=O) groups is 1. The number of hydrogen-bond acceptors (Lipinski definition) is 4.